The van der Waals surface area contributed by atoms with E-state index in [2.05, 4.69) is 75.9 Å². The fourth-order valence-corrected chi connectivity index (χ4v) is 6.63. The lowest BCUT2D eigenvalue weighted by atomic mass is 9.86. The number of aliphatic carboxylic acids is 1. The monoisotopic (exact) mass is 627 g/mol. The van der Waals surface area contributed by atoms with Crippen molar-refractivity contribution in [2.24, 2.45) is 0 Å². The van der Waals surface area contributed by atoms with Crippen molar-refractivity contribution in [1.82, 2.24) is 4.90 Å². The number of aromatic carboxylic acids is 1. The number of unbranched alkanes of at least 4 members (excludes halogenated alkanes) is 1. The molecule has 0 unspecified atom stereocenters. The second kappa shape index (κ2) is 15.4. The molecule has 0 atom stereocenters. The Balaban J connectivity index is 1.41. The molecule has 238 valence electrons. The molecule has 0 aliphatic carbocycles. The van der Waals surface area contributed by atoms with E-state index >= 15 is 0 Å². The van der Waals surface area contributed by atoms with E-state index in [-0.39, 0.29) is 17.4 Å². The molecule has 0 saturated heterocycles. The summed E-state index contributed by atoms with van der Waals surface area (Å²) >= 11 is 1.80. The zero-order valence-electron chi connectivity index (χ0n) is 27.1. The predicted molar refractivity (Wildman–Crippen MR) is 183 cm³/mol. The lowest BCUT2D eigenvalue weighted by Crippen LogP contribution is -2.27. The van der Waals surface area contributed by atoms with Crippen LogP contribution in [-0.2, 0) is 29.8 Å². The van der Waals surface area contributed by atoms with Gasteiger partial charge in [0.15, 0.2) is 0 Å². The van der Waals surface area contributed by atoms with Crippen molar-refractivity contribution in [3.63, 3.8) is 0 Å². The number of hydrogen-bond acceptors (Lipinski definition) is 5. The minimum atomic E-state index is -0.938. The van der Waals surface area contributed by atoms with Gasteiger partial charge < -0.3 is 14.9 Å². The van der Waals surface area contributed by atoms with Gasteiger partial charge in [-0.25, -0.2) is 4.79 Å². The third-order valence-electron chi connectivity index (χ3n) is 8.24. The highest BCUT2D eigenvalue weighted by molar-refractivity contribution is 7.12. The van der Waals surface area contributed by atoms with Crippen molar-refractivity contribution in [2.45, 2.75) is 78.9 Å². The van der Waals surface area contributed by atoms with E-state index in [4.69, 9.17) is 9.84 Å². The minimum Gasteiger partial charge on any atom is -0.489 e. The van der Waals surface area contributed by atoms with Crippen LogP contribution in [0, 0.1) is 13.8 Å². The third-order valence-corrected chi connectivity index (χ3v) is 9.35. The van der Waals surface area contributed by atoms with Crippen LogP contribution in [0.2, 0.25) is 0 Å². The van der Waals surface area contributed by atoms with Crippen LogP contribution in [0.15, 0.2) is 72.8 Å². The second-order valence-electron chi connectivity index (χ2n) is 12.7. The summed E-state index contributed by atoms with van der Waals surface area (Å²) in [7, 11) is 0. The quantitative estimate of drug-likeness (QED) is 0.128. The molecule has 2 N–H and O–H groups in total. The zero-order chi connectivity index (χ0) is 32.6. The van der Waals surface area contributed by atoms with Gasteiger partial charge in [-0.1, -0.05) is 69.3 Å². The lowest BCUT2D eigenvalue weighted by Gasteiger charge is -2.23. The first-order valence-electron chi connectivity index (χ1n) is 15.6. The third kappa shape index (κ3) is 9.77. The lowest BCUT2D eigenvalue weighted by molar-refractivity contribution is -0.137. The number of nitrogens with zero attached hydrogens (tertiary/aromatic N) is 1. The first-order valence-corrected chi connectivity index (χ1v) is 16.4. The van der Waals surface area contributed by atoms with Crippen molar-refractivity contribution in [3.8, 4) is 16.9 Å². The molecular weight excluding hydrogens is 582 g/mol. The molecule has 0 aliphatic rings. The minimum absolute atomic E-state index is 0.128. The number of carboxylic acid groups (broad SMARTS) is 2. The van der Waals surface area contributed by atoms with Gasteiger partial charge in [-0.05, 0) is 97.2 Å². The first-order chi connectivity index (χ1) is 21.4. The van der Waals surface area contributed by atoms with Crippen LogP contribution in [-0.4, -0.2) is 40.1 Å². The molecule has 1 heterocycles. The van der Waals surface area contributed by atoms with Gasteiger partial charge in [-0.15, -0.1) is 11.3 Å². The van der Waals surface area contributed by atoms with Gasteiger partial charge in [0.05, 0.1) is 5.56 Å². The second-order valence-corrected chi connectivity index (χ2v) is 14.1. The zero-order valence-corrected chi connectivity index (χ0v) is 27.9. The number of benzene rings is 3. The van der Waals surface area contributed by atoms with Gasteiger partial charge in [0.1, 0.15) is 12.4 Å². The van der Waals surface area contributed by atoms with Gasteiger partial charge in [0.25, 0.3) is 0 Å². The highest BCUT2D eigenvalue weighted by atomic mass is 32.1. The van der Waals surface area contributed by atoms with Crippen LogP contribution in [0.4, 0.5) is 0 Å². The number of carbonyl (C=O) groups is 2. The van der Waals surface area contributed by atoms with Crippen LogP contribution in [0.3, 0.4) is 0 Å². The molecule has 0 amide bonds. The fourth-order valence-electron chi connectivity index (χ4n) is 5.52. The van der Waals surface area contributed by atoms with Gasteiger partial charge >= 0.3 is 11.9 Å². The molecule has 6 nitrogen and oxygen atoms in total. The number of aryl methyl sites for hydroxylation is 2. The van der Waals surface area contributed by atoms with Crippen molar-refractivity contribution < 1.29 is 24.5 Å². The Morgan fingerprint density at radius 3 is 1.96 bits per heavy atom. The van der Waals surface area contributed by atoms with E-state index in [9.17, 15) is 14.7 Å². The average molecular weight is 628 g/mol. The van der Waals surface area contributed by atoms with E-state index < -0.39 is 11.9 Å². The summed E-state index contributed by atoms with van der Waals surface area (Å²) < 4.78 is 6.31. The topological polar surface area (TPSA) is 87.1 Å². The summed E-state index contributed by atoms with van der Waals surface area (Å²) in [6.45, 7) is 13.7. The number of carboxylic acids is 2. The van der Waals surface area contributed by atoms with Crippen LogP contribution in [0.1, 0.15) is 82.4 Å². The van der Waals surface area contributed by atoms with E-state index in [0.29, 0.717) is 19.6 Å². The molecule has 0 fully saturated rings. The molecule has 4 rings (SSSR count). The van der Waals surface area contributed by atoms with Gasteiger partial charge in [0.2, 0.25) is 0 Å². The standard InChI is InChI=1S/C38H45NO5S/c1-26-34(21-23-39(22-7-6-8-36(40)41)24-28-9-11-31(12-10-28)37(42)43)35(27(2)45-26)25-44-33-19-15-30(16-20-33)29-13-17-32(18-14-29)38(3,4)5/h9-20H,6-8,21-25H2,1-5H3,(H,40,41)(H,42,43). The maximum absolute atomic E-state index is 11.3. The summed E-state index contributed by atoms with van der Waals surface area (Å²) in [5.41, 5.74) is 7.64. The highest BCUT2D eigenvalue weighted by Gasteiger charge is 2.17. The smallest absolute Gasteiger partial charge is 0.335 e. The fraction of sp³-hybridized carbons (Fsp3) is 0.368. The number of rotatable bonds is 15. The summed E-state index contributed by atoms with van der Waals surface area (Å²) in [4.78, 5) is 27.2. The van der Waals surface area contributed by atoms with Crippen molar-refractivity contribution in [3.05, 3.63) is 110 Å². The molecular formula is C38H45NO5S. The molecule has 0 aliphatic heterocycles. The van der Waals surface area contributed by atoms with E-state index in [1.807, 2.05) is 24.3 Å². The predicted octanol–water partition coefficient (Wildman–Crippen LogP) is 8.91. The Hall–Kier alpha value is -3.94. The summed E-state index contributed by atoms with van der Waals surface area (Å²) in [5.74, 6) is -0.875. The summed E-state index contributed by atoms with van der Waals surface area (Å²) in [6.07, 6.45) is 2.43. The van der Waals surface area contributed by atoms with Crippen LogP contribution in [0.5, 0.6) is 5.75 Å². The normalized spacial score (nSPS) is 11.6. The Bertz CT molecular complexity index is 1560. The summed E-state index contributed by atoms with van der Waals surface area (Å²) in [5, 5.41) is 18.3. The maximum atomic E-state index is 11.3. The maximum Gasteiger partial charge on any atom is 0.335 e. The Morgan fingerprint density at radius 1 is 0.778 bits per heavy atom. The highest BCUT2D eigenvalue weighted by Crippen LogP contribution is 2.31. The molecule has 0 radical (unpaired) electrons. The summed E-state index contributed by atoms with van der Waals surface area (Å²) in [6, 6.07) is 24.1. The van der Waals surface area contributed by atoms with Crippen molar-refractivity contribution in [2.75, 3.05) is 13.1 Å². The molecule has 0 bridgehead atoms. The van der Waals surface area contributed by atoms with Gasteiger partial charge in [-0.2, -0.15) is 0 Å². The Morgan fingerprint density at radius 2 is 1.38 bits per heavy atom. The molecule has 0 spiro atoms. The largest absolute Gasteiger partial charge is 0.489 e. The van der Waals surface area contributed by atoms with Gasteiger partial charge in [0, 0.05) is 34.8 Å². The van der Waals surface area contributed by atoms with Crippen molar-refractivity contribution in [1.29, 1.82) is 0 Å². The number of thiophene rings is 1. The average Bonchev–Trinajstić information content (AvgIpc) is 3.28. The van der Waals surface area contributed by atoms with Crippen LogP contribution >= 0.6 is 11.3 Å². The Kier molecular flexibility index (Phi) is 11.6. The molecule has 7 heteroatoms. The number of hydrogen-bond donors (Lipinski definition) is 2. The molecule has 0 saturated carbocycles. The molecule has 1 aromatic heterocycles. The van der Waals surface area contributed by atoms with Crippen LogP contribution in [0.25, 0.3) is 11.1 Å². The van der Waals surface area contributed by atoms with Gasteiger partial charge in [-0.3, -0.25) is 9.69 Å². The van der Waals surface area contributed by atoms with E-state index in [1.54, 1.807) is 23.5 Å². The first kappa shape index (κ1) is 33.9. The number of ether oxygens (including phenoxy) is 1. The Labute approximate surface area is 271 Å². The van der Waals surface area contributed by atoms with E-state index in [0.717, 1.165) is 42.8 Å². The molecule has 45 heavy (non-hydrogen) atoms. The van der Waals surface area contributed by atoms with Crippen molar-refractivity contribution >= 4 is 23.3 Å². The SMILES string of the molecule is Cc1sc(C)c(COc2ccc(-c3ccc(C(C)(C)C)cc3)cc2)c1CCN(CCCCC(=O)O)Cc1ccc(C(=O)O)cc1. The van der Waals surface area contributed by atoms with E-state index in [1.165, 1.54) is 32.0 Å². The molecule has 4 aromatic rings. The molecule has 3 aromatic carbocycles. The van der Waals surface area contributed by atoms with Crippen LogP contribution < -0.4 is 4.74 Å².